The predicted molar refractivity (Wildman–Crippen MR) is 104 cm³/mol. The van der Waals surface area contributed by atoms with Crippen LogP contribution < -0.4 is 4.72 Å². The van der Waals surface area contributed by atoms with Crippen molar-refractivity contribution in [3.8, 4) is 11.8 Å². The van der Waals surface area contributed by atoms with Crippen LogP contribution in [-0.2, 0) is 16.6 Å². The van der Waals surface area contributed by atoms with Crippen LogP contribution in [0.5, 0.6) is 0 Å². The third-order valence-corrected chi connectivity index (χ3v) is 5.35. The lowest BCUT2D eigenvalue weighted by molar-refractivity contribution is 0.581. The van der Waals surface area contributed by atoms with Crippen molar-refractivity contribution in [3.63, 3.8) is 0 Å². The summed E-state index contributed by atoms with van der Waals surface area (Å²) in [5.41, 5.74) is 1.64. The lowest BCUT2D eigenvalue weighted by atomic mass is 10.1. The molecule has 0 bridgehead atoms. The maximum Gasteiger partial charge on any atom is 0.240 e. The summed E-state index contributed by atoms with van der Waals surface area (Å²) in [6.07, 6.45) is 1.47. The molecule has 0 saturated heterocycles. The Hall–Kier alpha value is -2.75. The molecule has 0 spiro atoms. The number of hydrogen-bond donors (Lipinski definition) is 1. The Morgan fingerprint density at radius 1 is 1.11 bits per heavy atom. The van der Waals surface area contributed by atoms with Gasteiger partial charge in [-0.1, -0.05) is 37.8 Å². The van der Waals surface area contributed by atoms with E-state index < -0.39 is 15.8 Å². The molecule has 1 aromatic heterocycles. The zero-order valence-electron chi connectivity index (χ0n) is 15.0. The standard InChI is InChI=1S/C21H19FN2O2S/c1-15(2)6-7-16-8-10-18(11-9-16)27(25,26)24-14-17-12-13-23-21-19(17)4-3-5-20(21)22/h3-5,8-13,15,24H,14H2,1-2H3. The van der Waals surface area contributed by atoms with Gasteiger partial charge in [0.25, 0.3) is 0 Å². The summed E-state index contributed by atoms with van der Waals surface area (Å²) < 4.78 is 41.5. The van der Waals surface area contributed by atoms with Crippen molar-refractivity contribution in [1.82, 2.24) is 9.71 Å². The maximum atomic E-state index is 13.8. The van der Waals surface area contributed by atoms with E-state index >= 15 is 0 Å². The third-order valence-electron chi connectivity index (χ3n) is 3.93. The highest BCUT2D eigenvalue weighted by Gasteiger charge is 2.15. The molecule has 4 nitrogen and oxygen atoms in total. The molecule has 0 atom stereocenters. The number of nitrogens with one attached hydrogen (secondary N) is 1. The highest BCUT2D eigenvalue weighted by Crippen LogP contribution is 2.20. The topological polar surface area (TPSA) is 59.1 Å². The molecule has 0 unspecified atom stereocenters. The Balaban J connectivity index is 1.80. The molecule has 0 saturated carbocycles. The van der Waals surface area contributed by atoms with Gasteiger partial charge in [-0.05, 0) is 42.0 Å². The van der Waals surface area contributed by atoms with Crippen molar-refractivity contribution in [2.45, 2.75) is 25.3 Å². The summed E-state index contributed by atoms with van der Waals surface area (Å²) in [5, 5.41) is 0.583. The second kappa shape index (κ2) is 7.87. The number of pyridine rings is 1. The fraction of sp³-hybridized carbons (Fsp3) is 0.190. The molecule has 0 aliphatic heterocycles. The summed E-state index contributed by atoms with van der Waals surface area (Å²) in [4.78, 5) is 4.17. The molecule has 2 aromatic carbocycles. The summed E-state index contributed by atoms with van der Waals surface area (Å²) in [6.45, 7) is 4.02. The first-order valence-corrected chi connectivity index (χ1v) is 9.98. The summed E-state index contributed by atoms with van der Waals surface area (Å²) >= 11 is 0. The van der Waals surface area contributed by atoms with E-state index in [0.29, 0.717) is 10.9 Å². The molecular weight excluding hydrogens is 363 g/mol. The summed E-state index contributed by atoms with van der Waals surface area (Å²) in [6, 6.07) is 12.7. The number of benzene rings is 2. The average molecular weight is 382 g/mol. The number of aromatic nitrogens is 1. The second-order valence-corrected chi connectivity index (χ2v) is 8.15. The van der Waals surface area contributed by atoms with Gasteiger partial charge in [-0.25, -0.2) is 17.5 Å². The van der Waals surface area contributed by atoms with Crippen molar-refractivity contribution in [2.24, 2.45) is 5.92 Å². The Morgan fingerprint density at radius 2 is 1.85 bits per heavy atom. The van der Waals surface area contributed by atoms with Gasteiger partial charge in [0.15, 0.2) is 0 Å². The first-order chi connectivity index (χ1) is 12.9. The fourth-order valence-corrected chi connectivity index (χ4v) is 3.56. The van der Waals surface area contributed by atoms with E-state index in [2.05, 4.69) is 21.5 Å². The van der Waals surface area contributed by atoms with Gasteiger partial charge < -0.3 is 0 Å². The first-order valence-electron chi connectivity index (χ1n) is 8.50. The SMILES string of the molecule is CC(C)C#Cc1ccc(S(=O)(=O)NCc2ccnc3c(F)cccc23)cc1. The lowest BCUT2D eigenvalue weighted by Gasteiger charge is -2.09. The number of fused-ring (bicyclic) bond motifs is 1. The molecule has 0 aliphatic rings. The summed E-state index contributed by atoms with van der Waals surface area (Å²) in [7, 11) is -3.70. The van der Waals surface area contributed by atoms with E-state index in [0.717, 1.165) is 5.56 Å². The number of sulfonamides is 1. The van der Waals surface area contributed by atoms with Crippen molar-refractivity contribution in [2.75, 3.05) is 0 Å². The number of hydrogen-bond acceptors (Lipinski definition) is 3. The third kappa shape index (κ3) is 4.51. The zero-order chi connectivity index (χ0) is 19.4. The molecule has 0 amide bonds. The average Bonchev–Trinajstić information content (AvgIpc) is 2.65. The molecule has 0 fully saturated rings. The monoisotopic (exact) mass is 382 g/mol. The van der Waals surface area contributed by atoms with E-state index in [1.54, 1.807) is 30.3 Å². The number of para-hydroxylation sites is 1. The van der Waals surface area contributed by atoms with Crippen molar-refractivity contribution in [3.05, 3.63) is 71.7 Å². The van der Waals surface area contributed by atoms with E-state index in [4.69, 9.17) is 0 Å². The van der Waals surface area contributed by atoms with Crippen molar-refractivity contribution in [1.29, 1.82) is 0 Å². The normalized spacial score (nSPS) is 11.4. The van der Waals surface area contributed by atoms with Gasteiger partial charge in [-0.15, -0.1) is 0 Å². The highest BCUT2D eigenvalue weighted by molar-refractivity contribution is 7.89. The largest absolute Gasteiger partial charge is 0.253 e. The van der Waals surface area contributed by atoms with Gasteiger partial charge in [0.05, 0.1) is 4.90 Å². The predicted octanol–water partition coefficient (Wildman–Crippen LogP) is 3.86. The fourth-order valence-electron chi connectivity index (χ4n) is 2.55. The van der Waals surface area contributed by atoms with Crippen LogP contribution in [0.15, 0.2) is 59.6 Å². The molecule has 0 aliphatic carbocycles. The van der Waals surface area contributed by atoms with Crippen LogP contribution in [0.1, 0.15) is 25.0 Å². The van der Waals surface area contributed by atoms with E-state index in [1.807, 2.05) is 13.8 Å². The zero-order valence-corrected chi connectivity index (χ0v) is 15.8. The van der Waals surface area contributed by atoms with E-state index in [-0.39, 0.29) is 22.9 Å². The van der Waals surface area contributed by atoms with Gasteiger partial charge in [-0.3, -0.25) is 4.98 Å². The van der Waals surface area contributed by atoms with Crippen LogP contribution in [0.4, 0.5) is 4.39 Å². The molecule has 3 rings (SSSR count). The van der Waals surface area contributed by atoms with Crippen molar-refractivity contribution < 1.29 is 12.8 Å². The van der Waals surface area contributed by atoms with Crippen LogP contribution in [-0.4, -0.2) is 13.4 Å². The van der Waals surface area contributed by atoms with E-state index in [9.17, 15) is 12.8 Å². The molecule has 0 radical (unpaired) electrons. The van der Waals surface area contributed by atoms with Crippen LogP contribution >= 0.6 is 0 Å². The molecule has 1 N–H and O–H groups in total. The van der Waals surface area contributed by atoms with Gasteiger partial charge in [0.2, 0.25) is 10.0 Å². The lowest BCUT2D eigenvalue weighted by Crippen LogP contribution is -2.23. The summed E-state index contributed by atoms with van der Waals surface area (Å²) in [5.74, 6) is 5.85. The van der Waals surface area contributed by atoms with Gasteiger partial charge in [0.1, 0.15) is 11.3 Å². The molecule has 1 heterocycles. The quantitative estimate of drug-likeness (QED) is 0.697. The van der Waals surface area contributed by atoms with Crippen molar-refractivity contribution >= 4 is 20.9 Å². The number of nitrogens with zero attached hydrogens (tertiary/aromatic N) is 1. The number of rotatable bonds is 4. The van der Waals surface area contributed by atoms with Gasteiger partial charge >= 0.3 is 0 Å². The molecule has 3 aromatic rings. The van der Waals surface area contributed by atoms with Gasteiger partial charge in [0, 0.05) is 29.6 Å². The Bertz CT molecular complexity index is 1130. The minimum Gasteiger partial charge on any atom is -0.253 e. The van der Waals surface area contributed by atoms with Crippen LogP contribution in [0.3, 0.4) is 0 Å². The van der Waals surface area contributed by atoms with Crippen LogP contribution in [0.2, 0.25) is 0 Å². The molecule has 138 valence electrons. The van der Waals surface area contributed by atoms with Crippen LogP contribution in [0, 0.1) is 23.6 Å². The highest BCUT2D eigenvalue weighted by atomic mass is 32.2. The number of halogens is 1. The Morgan fingerprint density at radius 3 is 2.56 bits per heavy atom. The Labute approximate surface area is 158 Å². The minimum absolute atomic E-state index is 0.0414. The molecule has 27 heavy (non-hydrogen) atoms. The van der Waals surface area contributed by atoms with E-state index in [1.165, 1.54) is 24.4 Å². The smallest absolute Gasteiger partial charge is 0.240 e. The second-order valence-electron chi connectivity index (χ2n) is 6.38. The van der Waals surface area contributed by atoms with Gasteiger partial charge in [-0.2, -0.15) is 0 Å². The minimum atomic E-state index is -3.70. The molecule has 6 heteroatoms. The van der Waals surface area contributed by atoms with Crippen LogP contribution in [0.25, 0.3) is 10.9 Å². The first kappa shape index (κ1) is 19.0. The molecular formula is C21H19FN2O2S. The maximum absolute atomic E-state index is 13.8. The Kier molecular flexibility index (Phi) is 5.54.